The Bertz CT molecular complexity index is 389. The van der Waals surface area contributed by atoms with Gasteiger partial charge in [-0.2, -0.15) is 0 Å². The van der Waals surface area contributed by atoms with Gasteiger partial charge in [0.05, 0.1) is 13.7 Å². The molecule has 138 valence electrons. The predicted octanol–water partition coefficient (Wildman–Crippen LogP) is 7.17. The summed E-state index contributed by atoms with van der Waals surface area (Å²) in [5.41, 5.74) is 0. The van der Waals surface area contributed by atoms with Crippen LogP contribution in [0, 0.1) is 0 Å². The van der Waals surface area contributed by atoms with E-state index in [2.05, 4.69) is 6.92 Å². The van der Waals surface area contributed by atoms with Crippen LogP contribution >= 0.6 is 0 Å². The van der Waals surface area contributed by atoms with Gasteiger partial charge in [-0.25, -0.2) is 0 Å². The maximum Gasteiger partial charge on any atom is 0.122 e. The van der Waals surface area contributed by atoms with Crippen molar-refractivity contribution in [2.75, 3.05) is 13.7 Å². The number of benzene rings is 1. The fraction of sp³-hybridized carbons (Fsp3) is 0.727. The molecule has 0 bridgehead atoms. The van der Waals surface area contributed by atoms with Gasteiger partial charge in [-0.05, 0) is 18.6 Å². The van der Waals surface area contributed by atoms with Gasteiger partial charge in [-0.15, -0.1) is 0 Å². The minimum absolute atomic E-state index is 0.810. The molecule has 0 amide bonds. The molecule has 0 aliphatic heterocycles. The lowest BCUT2D eigenvalue weighted by Crippen LogP contribution is -1.97. The highest BCUT2D eigenvalue weighted by Crippen LogP contribution is 2.19. The van der Waals surface area contributed by atoms with Crippen molar-refractivity contribution in [2.45, 2.75) is 90.4 Å². The molecule has 0 aliphatic rings. The molecule has 0 aromatic heterocycles. The molecule has 0 saturated heterocycles. The fourth-order valence-corrected chi connectivity index (χ4v) is 3.00. The summed E-state index contributed by atoms with van der Waals surface area (Å²) >= 11 is 0. The SMILES string of the molecule is CCCCCCCCCCCCCCCOc1cccc(OC)c1. The zero-order chi connectivity index (χ0) is 17.3. The summed E-state index contributed by atoms with van der Waals surface area (Å²) in [5, 5.41) is 0. The van der Waals surface area contributed by atoms with Crippen LogP contribution in [0.1, 0.15) is 90.4 Å². The average molecular weight is 335 g/mol. The first kappa shape index (κ1) is 20.9. The summed E-state index contributed by atoms with van der Waals surface area (Å²) in [5.74, 6) is 1.77. The highest BCUT2D eigenvalue weighted by Gasteiger charge is 1.97. The summed E-state index contributed by atoms with van der Waals surface area (Å²) in [7, 11) is 1.69. The summed E-state index contributed by atoms with van der Waals surface area (Å²) in [6.07, 6.45) is 18.0. The van der Waals surface area contributed by atoms with Gasteiger partial charge < -0.3 is 9.47 Å². The first-order valence-electron chi connectivity index (χ1n) is 10.1. The molecule has 1 aromatic rings. The van der Waals surface area contributed by atoms with Crippen LogP contribution < -0.4 is 9.47 Å². The number of methoxy groups -OCH3 is 1. The standard InChI is InChI=1S/C22H38O2/c1-3-4-5-6-7-8-9-10-11-12-13-14-15-19-24-22-18-16-17-21(20-22)23-2/h16-18,20H,3-15,19H2,1-2H3. The smallest absolute Gasteiger partial charge is 0.122 e. The molecule has 24 heavy (non-hydrogen) atoms. The molecule has 2 nitrogen and oxygen atoms in total. The highest BCUT2D eigenvalue weighted by atomic mass is 16.5. The van der Waals surface area contributed by atoms with Gasteiger partial charge in [0.25, 0.3) is 0 Å². The number of ether oxygens (including phenoxy) is 2. The molecule has 0 aliphatic carbocycles. The molecule has 2 heteroatoms. The van der Waals surface area contributed by atoms with Gasteiger partial charge in [0.1, 0.15) is 11.5 Å². The Morgan fingerprint density at radius 2 is 1.17 bits per heavy atom. The third-order valence-corrected chi connectivity index (χ3v) is 4.56. The molecule has 0 fully saturated rings. The first-order chi connectivity index (χ1) is 11.9. The quantitative estimate of drug-likeness (QED) is 0.298. The summed E-state index contributed by atoms with van der Waals surface area (Å²) in [6, 6.07) is 7.85. The van der Waals surface area contributed by atoms with E-state index >= 15 is 0 Å². The van der Waals surface area contributed by atoms with Gasteiger partial charge in [0, 0.05) is 6.07 Å². The van der Waals surface area contributed by atoms with Crippen molar-refractivity contribution in [2.24, 2.45) is 0 Å². The minimum atomic E-state index is 0.810. The van der Waals surface area contributed by atoms with Gasteiger partial charge in [-0.1, -0.05) is 90.0 Å². The lowest BCUT2D eigenvalue weighted by molar-refractivity contribution is 0.302. The Labute approximate surface area is 149 Å². The van der Waals surface area contributed by atoms with E-state index in [1.54, 1.807) is 7.11 Å². The van der Waals surface area contributed by atoms with E-state index in [0.29, 0.717) is 0 Å². The molecule has 0 atom stereocenters. The number of hydrogen-bond donors (Lipinski definition) is 0. The second kappa shape index (κ2) is 15.4. The third-order valence-electron chi connectivity index (χ3n) is 4.56. The van der Waals surface area contributed by atoms with Gasteiger partial charge in [0.15, 0.2) is 0 Å². The molecule has 0 unspecified atom stereocenters. The number of hydrogen-bond acceptors (Lipinski definition) is 2. The van der Waals surface area contributed by atoms with Crippen molar-refractivity contribution in [3.8, 4) is 11.5 Å². The Balaban J connectivity index is 1.82. The summed E-state index contributed by atoms with van der Waals surface area (Å²) in [6.45, 7) is 3.09. The van der Waals surface area contributed by atoms with Crippen molar-refractivity contribution in [1.29, 1.82) is 0 Å². The van der Waals surface area contributed by atoms with Crippen LogP contribution in [0.5, 0.6) is 11.5 Å². The van der Waals surface area contributed by atoms with Gasteiger partial charge in [0.2, 0.25) is 0 Å². The average Bonchev–Trinajstić information content (AvgIpc) is 2.62. The van der Waals surface area contributed by atoms with Crippen molar-refractivity contribution in [3.05, 3.63) is 24.3 Å². The molecule has 0 spiro atoms. The van der Waals surface area contributed by atoms with E-state index in [4.69, 9.17) is 9.47 Å². The van der Waals surface area contributed by atoms with Crippen LogP contribution in [0.4, 0.5) is 0 Å². The normalized spacial score (nSPS) is 10.8. The first-order valence-corrected chi connectivity index (χ1v) is 10.1. The molecule has 0 radical (unpaired) electrons. The second-order valence-corrected chi connectivity index (χ2v) is 6.77. The summed E-state index contributed by atoms with van der Waals surface area (Å²) < 4.78 is 11.0. The van der Waals surface area contributed by atoms with Crippen molar-refractivity contribution >= 4 is 0 Å². The van der Waals surface area contributed by atoms with Gasteiger partial charge >= 0.3 is 0 Å². The highest BCUT2D eigenvalue weighted by molar-refractivity contribution is 5.32. The van der Waals surface area contributed by atoms with Crippen LogP contribution in [-0.4, -0.2) is 13.7 Å². The lowest BCUT2D eigenvalue weighted by Gasteiger charge is -2.07. The van der Waals surface area contributed by atoms with Crippen molar-refractivity contribution < 1.29 is 9.47 Å². The number of rotatable bonds is 16. The van der Waals surface area contributed by atoms with Crippen molar-refractivity contribution in [1.82, 2.24) is 0 Å². The molecule has 0 saturated carbocycles. The van der Waals surface area contributed by atoms with E-state index in [1.165, 1.54) is 77.0 Å². The topological polar surface area (TPSA) is 18.5 Å². The van der Waals surface area contributed by atoms with Crippen LogP contribution in [0.2, 0.25) is 0 Å². The fourth-order valence-electron chi connectivity index (χ4n) is 3.00. The van der Waals surface area contributed by atoms with E-state index in [0.717, 1.165) is 24.5 Å². The zero-order valence-electron chi connectivity index (χ0n) is 16.0. The Morgan fingerprint density at radius 3 is 1.71 bits per heavy atom. The monoisotopic (exact) mass is 334 g/mol. The number of unbranched alkanes of at least 4 members (excludes halogenated alkanes) is 12. The lowest BCUT2D eigenvalue weighted by atomic mass is 10.0. The zero-order valence-corrected chi connectivity index (χ0v) is 16.0. The van der Waals surface area contributed by atoms with E-state index in [1.807, 2.05) is 24.3 Å². The van der Waals surface area contributed by atoms with Crippen LogP contribution in [0.25, 0.3) is 0 Å². The Hall–Kier alpha value is -1.18. The van der Waals surface area contributed by atoms with E-state index in [9.17, 15) is 0 Å². The van der Waals surface area contributed by atoms with Crippen LogP contribution in [-0.2, 0) is 0 Å². The van der Waals surface area contributed by atoms with E-state index < -0.39 is 0 Å². The largest absolute Gasteiger partial charge is 0.497 e. The molecule has 1 aromatic carbocycles. The molecule has 0 heterocycles. The molecule has 1 rings (SSSR count). The summed E-state index contributed by atoms with van der Waals surface area (Å²) in [4.78, 5) is 0. The predicted molar refractivity (Wildman–Crippen MR) is 104 cm³/mol. The molecule has 0 N–H and O–H groups in total. The van der Waals surface area contributed by atoms with Crippen molar-refractivity contribution in [3.63, 3.8) is 0 Å². The van der Waals surface area contributed by atoms with Gasteiger partial charge in [-0.3, -0.25) is 0 Å². The maximum atomic E-state index is 5.77. The second-order valence-electron chi connectivity index (χ2n) is 6.77. The van der Waals surface area contributed by atoms with E-state index in [-0.39, 0.29) is 0 Å². The molecular weight excluding hydrogens is 296 g/mol. The minimum Gasteiger partial charge on any atom is -0.497 e. The third kappa shape index (κ3) is 11.4. The maximum absolute atomic E-state index is 5.77. The molecular formula is C22H38O2. The van der Waals surface area contributed by atoms with Crippen LogP contribution in [0.3, 0.4) is 0 Å². The Morgan fingerprint density at radius 1 is 0.667 bits per heavy atom. The Kier molecular flexibility index (Phi) is 13.3. The van der Waals surface area contributed by atoms with Crippen LogP contribution in [0.15, 0.2) is 24.3 Å².